The minimum atomic E-state index is 0.662. The zero-order chi connectivity index (χ0) is 12.0. The van der Waals surface area contributed by atoms with Crippen molar-refractivity contribution < 1.29 is 0 Å². The van der Waals surface area contributed by atoms with Gasteiger partial charge >= 0.3 is 0 Å². The summed E-state index contributed by atoms with van der Waals surface area (Å²) in [5.74, 6) is 0. The van der Waals surface area contributed by atoms with Gasteiger partial charge in [0.15, 0.2) is 0 Å². The van der Waals surface area contributed by atoms with Crippen molar-refractivity contribution in [2.45, 2.75) is 45.7 Å². The van der Waals surface area contributed by atoms with Gasteiger partial charge in [-0.25, -0.2) is 0 Å². The zero-order valence-corrected chi connectivity index (χ0v) is 11.5. The summed E-state index contributed by atoms with van der Waals surface area (Å²) in [7, 11) is 2.07. The predicted molar refractivity (Wildman–Crippen MR) is 70.9 cm³/mol. The number of nitrogens with one attached hydrogen (secondary N) is 1. The van der Waals surface area contributed by atoms with Crippen LogP contribution in [0.2, 0.25) is 0 Å². The lowest BCUT2D eigenvalue weighted by Gasteiger charge is -2.39. The molecule has 3 nitrogen and oxygen atoms in total. The second-order valence-corrected chi connectivity index (χ2v) is 4.99. The first-order valence-corrected chi connectivity index (χ1v) is 6.84. The maximum Gasteiger partial charge on any atom is 0.0189 e. The van der Waals surface area contributed by atoms with Crippen molar-refractivity contribution in [3.8, 4) is 0 Å². The van der Waals surface area contributed by atoms with E-state index in [2.05, 4.69) is 42.9 Å². The largest absolute Gasteiger partial charge is 0.316 e. The van der Waals surface area contributed by atoms with E-state index in [1.807, 2.05) is 0 Å². The average molecular weight is 227 g/mol. The monoisotopic (exact) mass is 227 g/mol. The molecule has 0 bridgehead atoms. The van der Waals surface area contributed by atoms with Crippen LogP contribution in [0.5, 0.6) is 0 Å². The van der Waals surface area contributed by atoms with Gasteiger partial charge in [0.05, 0.1) is 0 Å². The molecule has 0 aromatic heterocycles. The van der Waals surface area contributed by atoms with Gasteiger partial charge < -0.3 is 5.32 Å². The highest BCUT2D eigenvalue weighted by molar-refractivity contribution is 4.78. The standard InChI is InChI=1S/C13H29N3/c1-5-12(3)16-9-7-15(8-10-16)11-13(6-2)14-4/h12-14H,5-11H2,1-4H3. The maximum absolute atomic E-state index is 3.39. The van der Waals surface area contributed by atoms with E-state index in [0.29, 0.717) is 6.04 Å². The van der Waals surface area contributed by atoms with Gasteiger partial charge in [0.25, 0.3) is 0 Å². The van der Waals surface area contributed by atoms with E-state index in [1.54, 1.807) is 0 Å². The molecular weight excluding hydrogens is 198 g/mol. The van der Waals surface area contributed by atoms with E-state index < -0.39 is 0 Å². The number of hydrogen-bond acceptors (Lipinski definition) is 3. The molecule has 0 aromatic rings. The lowest BCUT2D eigenvalue weighted by atomic mass is 10.1. The smallest absolute Gasteiger partial charge is 0.0189 e. The van der Waals surface area contributed by atoms with Gasteiger partial charge in [-0.3, -0.25) is 9.80 Å². The zero-order valence-electron chi connectivity index (χ0n) is 11.5. The molecular formula is C13H29N3. The van der Waals surface area contributed by atoms with Gasteiger partial charge in [-0.05, 0) is 26.8 Å². The Kier molecular flexibility index (Phi) is 6.32. The summed E-state index contributed by atoms with van der Waals surface area (Å²) < 4.78 is 0. The van der Waals surface area contributed by atoms with Crippen molar-refractivity contribution in [1.82, 2.24) is 15.1 Å². The molecule has 0 aliphatic carbocycles. The minimum Gasteiger partial charge on any atom is -0.316 e. The van der Waals surface area contributed by atoms with E-state index in [4.69, 9.17) is 0 Å². The molecule has 0 aromatic carbocycles. The Morgan fingerprint density at radius 1 is 1.06 bits per heavy atom. The van der Waals surface area contributed by atoms with Gasteiger partial charge in [0.2, 0.25) is 0 Å². The number of likely N-dealkylation sites (N-methyl/N-ethyl adjacent to an activating group) is 1. The lowest BCUT2D eigenvalue weighted by Crippen LogP contribution is -2.52. The molecule has 1 saturated heterocycles. The molecule has 0 spiro atoms. The molecule has 1 aliphatic heterocycles. The number of hydrogen-bond donors (Lipinski definition) is 1. The third-order valence-corrected chi connectivity index (χ3v) is 4.00. The maximum atomic E-state index is 3.39. The molecule has 3 heteroatoms. The first-order valence-electron chi connectivity index (χ1n) is 6.84. The fraction of sp³-hybridized carbons (Fsp3) is 1.00. The molecule has 1 fully saturated rings. The van der Waals surface area contributed by atoms with Gasteiger partial charge in [-0.2, -0.15) is 0 Å². The van der Waals surface area contributed by atoms with Gasteiger partial charge in [-0.15, -0.1) is 0 Å². The van der Waals surface area contributed by atoms with E-state index in [9.17, 15) is 0 Å². The summed E-state index contributed by atoms with van der Waals surface area (Å²) in [6.07, 6.45) is 2.50. The fourth-order valence-corrected chi connectivity index (χ4v) is 2.38. The van der Waals surface area contributed by atoms with Crippen molar-refractivity contribution >= 4 is 0 Å². The SMILES string of the molecule is CCC(CN1CCN(C(C)CC)CC1)NC. The number of rotatable bonds is 6. The third kappa shape index (κ3) is 4.04. The molecule has 96 valence electrons. The van der Waals surface area contributed by atoms with Crippen molar-refractivity contribution in [3.63, 3.8) is 0 Å². The van der Waals surface area contributed by atoms with E-state index in [1.165, 1.54) is 45.6 Å². The van der Waals surface area contributed by atoms with Gasteiger partial charge in [0.1, 0.15) is 0 Å². The van der Waals surface area contributed by atoms with E-state index >= 15 is 0 Å². The minimum absolute atomic E-state index is 0.662. The summed E-state index contributed by atoms with van der Waals surface area (Å²) in [6.45, 7) is 13.1. The Labute approximate surface area is 101 Å². The number of piperazine rings is 1. The molecule has 2 unspecified atom stereocenters. The van der Waals surface area contributed by atoms with E-state index in [-0.39, 0.29) is 0 Å². The van der Waals surface area contributed by atoms with Crippen LogP contribution >= 0.6 is 0 Å². The molecule has 1 heterocycles. The first-order chi connectivity index (χ1) is 7.71. The van der Waals surface area contributed by atoms with Crippen molar-refractivity contribution in [2.24, 2.45) is 0 Å². The van der Waals surface area contributed by atoms with Crippen molar-refractivity contribution in [1.29, 1.82) is 0 Å². The summed E-state index contributed by atoms with van der Waals surface area (Å²) in [5, 5.41) is 3.39. The normalized spacial score (nSPS) is 23.2. The Morgan fingerprint density at radius 2 is 1.69 bits per heavy atom. The molecule has 2 atom stereocenters. The van der Waals surface area contributed by atoms with Crippen LogP contribution < -0.4 is 5.32 Å². The highest BCUT2D eigenvalue weighted by atomic mass is 15.3. The molecule has 16 heavy (non-hydrogen) atoms. The molecule has 1 N–H and O–H groups in total. The summed E-state index contributed by atoms with van der Waals surface area (Å²) >= 11 is 0. The second kappa shape index (κ2) is 7.25. The Hall–Kier alpha value is -0.120. The molecule has 1 aliphatic rings. The van der Waals surface area contributed by atoms with E-state index in [0.717, 1.165) is 6.04 Å². The summed E-state index contributed by atoms with van der Waals surface area (Å²) in [6, 6.07) is 1.42. The van der Waals surface area contributed by atoms with Gasteiger partial charge in [0, 0.05) is 44.8 Å². The average Bonchev–Trinajstić information content (AvgIpc) is 2.35. The topological polar surface area (TPSA) is 18.5 Å². The van der Waals surface area contributed by atoms with Gasteiger partial charge in [-0.1, -0.05) is 13.8 Å². The van der Waals surface area contributed by atoms with Crippen LogP contribution in [0.4, 0.5) is 0 Å². The Balaban J connectivity index is 2.26. The summed E-state index contributed by atoms with van der Waals surface area (Å²) in [4.78, 5) is 5.22. The van der Waals surface area contributed by atoms with Crippen LogP contribution in [0.3, 0.4) is 0 Å². The van der Waals surface area contributed by atoms with Crippen LogP contribution in [0.15, 0.2) is 0 Å². The lowest BCUT2D eigenvalue weighted by molar-refractivity contribution is 0.0942. The van der Waals surface area contributed by atoms with Crippen molar-refractivity contribution in [3.05, 3.63) is 0 Å². The van der Waals surface area contributed by atoms with Crippen LogP contribution in [0, 0.1) is 0 Å². The highest BCUT2D eigenvalue weighted by Gasteiger charge is 2.21. The molecule has 0 radical (unpaired) electrons. The number of nitrogens with zero attached hydrogens (tertiary/aromatic N) is 2. The Bertz CT molecular complexity index is 172. The van der Waals surface area contributed by atoms with Crippen LogP contribution in [-0.2, 0) is 0 Å². The molecule has 0 amide bonds. The quantitative estimate of drug-likeness (QED) is 0.740. The van der Waals surface area contributed by atoms with Crippen LogP contribution in [0.25, 0.3) is 0 Å². The highest BCUT2D eigenvalue weighted by Crippen LogP contribution is 2.09. The summed E-state index contributed by atoms with van der Waals surface area (Å²) in [5.41, 5.74) is 0. The first kappa shape index (κ1) is 13.9. The Morgan fingerprint density at radius 3 is 2.12 bits per heavy atom. The van der Waals surface area contributed by atoms with Crippen LogP contribution in [0.1, 0.15) is 33.6 Å². The van der Waals surface area contributed by atoms with Crippen molar-refractivity contribution in [2.75, 3.05) is 39.8 Å². The predicted octanol–water partition coefficient (Wildman–Crippen LogP) is 1.40. The fourth-order valence-electron chi connectivity index (χ4n) is 2.38. The second-order valence-electron chi connectivity index (χ2n) is 4.99. The van der Waals surface area contributed by atoms with Crippen LogP contribution in [-0.4, -0.2) is 61.7 Å². The molecule has 0 saturated carbocycles. The third-order valence-electron chi connectivity index (χ3n) is 4.00. The molecule has 1 rings (SSSR count).